The van der Waals surface area contributed by atoms with Crippen LogP contribution in [-0.4, -0.2) is 10.5 Å². The molecule has 1 heterocycles. The Kier molecular flexibility index (Phi) is 3.44. The lowest BCUT2D eigenvalue weighted by atomic mass is 9.83. The average Bonchev–Trinajstić information content (AvgIpc) is 2.29. The van der Waals surface area contributed by atoms with Crippen molar-refractivity contribution in [3.8, 4) is 0 Å². The van der Waals surface area contributed by atoms with E-state index in [1.807, 2.05) is 12.1 Å². The SMILES string of the molecule is CC1(NCc2ccc(N)cn2)CCCCC1. The zero-order chi connectivity index (χ0) is 11.4. The minimum Gasteiger partial charge on any atom is -0.397 e. The van der Waals surface area contributed by atoms with Gasteiger partial charge in [-0.05, 0) is 31.9 Å². The lowest BCUT2D eigenvalue weighted by molar-refractivity contribution is 0.251. The molecule has 16 heavy (non-hydrogen) atoms. The van der Waals surface area contributed by atoms with Gasteiger partial charge >= 0.3 is 0 Å². The highest BCUT2D eigenvalue weighted by Gasteiger charge is 2.25. The maximum absolute atomic E-state index is 5.61. The van der Waals surface area contributed by atoms with Crippen molar-refractivity contribution in [3.63, 3.8) is 0 Å². The van der Waals surface area contributed by atoms with Gasteiger partial charge in [0.1, 0.15) is 0 Å². The maximum Gasteiger partial charge on any atom is 0.0543 e. The van der Waals surface area contributed by atoms with Crippen LogP contribution in [0.3, 0.4) is 0 Å². The molecule has 3 nitrogen and oxygen atoms in total. The molecule has 0 amide bonds. The summed E-state index contributed by atoms with van der Waals surface area (Å²) in [4.78, 5) is 4.31. The van der Waals surface area contributed by atoms with Crippen LogP contribution in [0.2, 0.25) is 0 Å². The number of hydrogen-bond donors (Lipinski definition) is 2. The second kappa shape index (κ2) is 4.83. The number of anilines is 1. The normalized spacial score (nSPS) is 19.6. The molecule has 2 rings (SSSR count). The number of nitrogens with zero attached hydrogens (tertiary/aromatic N) is 1. The van der Waals surface area contributed by atoms with Crippen LogP contribution >= 0.6 is 0 Å². The minimum atomic E-state index is 0.307. The summed E-state index contributed by atoms with van der Waals surface area (Å²) in [5, 5.41) is 3.63. The van der Waals surface area contributed by atoms with Crippen molar-refractivity contribution in [3.05, 3.63) is 24.0 Å². The van der Waals surface area contributed by atoms with E-state index in [0.717, 1.165) is 17.9 Å². The third-order valence-electron chi connectivity index (χ3n) is 3.50. The van der Waals surface area contributed by atoms with E-state index in [1.54, 1.807) is 6.20 Å². The van der Waals surface area contributed by atoms with E-state index in [4.69, 9.17) is 5.73 Å². The van der Waals surface area contributed by atoms with Gasteiger partial charge in [0.15, 0.2) is 0 Å². The Hall–Kier alpha value is -1.09. The molecule has 1 fully saturated rings. The van der Waals surface area contributed by atoms with Gasteiger partial charge in [0.2, 0.25) is 0 Å². The fourth-order valence-electron chi connectivity index (χ4n) is 2.35. The molecule has 1 aromatic heterocycles. The second-order valence-electron chi connectivity index (χ2n) is 5.06. The maximum atomic E-state index is 5.61. The van der Waals surface area contributed by atoms with Gasteiger partial charge < -0.3 is 11.1 Å². The van der Waals surface area contributed by atoms with Crippen LogP contribution in [0.5, 0.6) is 0 Å². The van der Waals surface area contributed by atoms with Gasteiger partial charge in [0.05, 0.1) is 17.6 Å². The molecule has 0 bridgehead atoms. The van der Waals surface area contributed by atoms with Crippen LogP contribution in [0.4, 0.5) is 5.69 Å². The van der Waals surface area contributed by atoms with Crippen LogP contribution in [0, 0.1) is 0 Å². The van der Waals surface area contributed by atoms with Crippen molar-refractivity contribution in [2.45, 2.75) is 51.1 Å². The lowest BCUT2D eigenvalue weighted by Crippen LogP contribution is -2.43. The molecule has 0 atom stereocenters. The van der Waals surface area contributed by atoms with Crippen molar-refractivity contribution in [2.75, 3.05) is 5.73 Å². The first-order valence-corrected chi connectivity index (χ1v) is 6.13. The largest absolute Gasteiger partial charge is 0.397 e. The first kappa shape index (κ1) is 11.4. The summed E-state index contributed by atoms with van der Waals surface area (Å²) in [6.07, 6.45) is 8.36. The van der Waals surface area contributed by atoms with E-state index >= 15 is 0 Å². The van der Waals surface area contributed by atoms with Gasteiger partial charge in [-0.15, -0.1) is 0 Å². The smallest absolute Gasteiger partial charge is 0.0543 e. The van der Waals surface area contributed by atoms with E-state index in [2.05, 4.69) is 17.2 Å². The summed E-state index contributed by atoms with van der Waals surface area (Å²) in [5.74, 6) is 0. The molecule has 1 saturated carbocycles. The highest BCUT2D eigenvalue weighted by molar-refractivity contribution is 5.34. The Labute approximate surface area is 97.5 Å². The molecule has 0 radical (unpaired) electrons. The Bertz CT molecular complexity index is 326. The van der Waals surface area contributed by atoms with E-state index in [-0.39, 0.29) is 0 Å². The van der Waals surface area contributed by atoms with E-state index in [9.17, 15) is 0 Å². The average molecular weight is 219 g/mol. The Balaban J connectivity index is 1.88. The Morgan fingerprint density at radius 1 is 1.31 bits per heavy atom. The number of aromatic nitrogens is 1. The van der Waals surface area contributed by atoms with Gasteiger partial charge in [0.25, 0.3) is 0 Å². The molecule has 1 aromatic rings. The van der Waals surface area contributed by atoms with Gasteiger partial charge in [-0.25, -0.2) is 0 Å². The van der Waals surface area contributed by atoms with Crippen molar-refractivity contribution >= 4 is 5.69 Å². The minimum absolute atomic E-state index is 0.307. The molecule has 3 heteroatoms. The highest BCUT2D eigenvalue weighted by atomic mass is 15.0. The molecule has 0 unspecified atom stereocenters. The Morgan fingerprint density at radius 3 is 2.69 bits per heavy atom. The number of pyridine rings is 1. The molecule has 88 valence electrons. The summed E-state index contributed by atoms with van der Waals surface area (Å²) in [5.41, 5.74) is 7.72. The molecular weight excluding hydrogens is 198 g/mol. The third-order valence-corrected chi connectivity index (χ3v) is 3.50. The number of rotatable bonds is 3. The van der Waals surface area contributed by atoms with Crippen LogP contribution in [0.1, 0.15) is 44.7 Å². The zero-order valence-electron chi connectivity index (χ0n) is 10.00. The number of hydrogen-bond acceptors (Lipinski definition) is 3. The summed E-state index contributed by atoms with van der Waals surface area (Å²) in [6.45, 7) is 3.17. The highest BCUT2D eigenvalue weighted by Crippen LogP contribution is 2.27. The van der Waals surface area contributed by atoms with Crippen molar-refractivity contribution in [1.82, 2.24) is 10.3 Å². The number of nitrogen functional groups attached to an aromatic ring is 1. The topological polar surface area (TPSA) is 50.9 Å². The monoisotopic (exact) mass is 219 g/mol. The fourth-order valence-corrected chi connectivity index (χ4v) is 2.35. The predicted molar refractivity (Wildman–Crippen MR) is 67.0 cm³/mol. The molecule has 1 aliphatic carbocycles. The molecule has 0 aromatic carbocycles. The van der Waals surface area contributed by atoms with Crippen LogP contribution in [-0.2, 0) is 6.54 Å². The fraction of sp³-hybridized carbons (Fsp3) is 0.615. The van der Waals surface area contributed by atoms with Crippen molar-refractivity contribution in [2.24, 2.45) is 0 Å². The van der Waals surface area contributed by atoms with E-state index < -0.39 is 0 Å². The summed E-state index contributed by atoms with van der Waals surface area (Å²) in [7, 11) is 0. The number of nitrogens with one attached hydrogen (secondary N) is 1. The molecule has 1 aliphatic rings. The van der Waals surface area contributed by atoms with Crippen molar-refractivity contribution < 1.29 is 0 Å². The first-order valence-electron chi connectivity index (χ1n) is 6.13. The van der Waals surface area contributed by atoms with Gasteiger partial charge in [-0.3, -0.25) is 4.98 Å². The quantitative estimate of drug-likeness (QED) is 0.821. The van der Waals surface area contributed by atoms with Gasteiger partial charge in [-0.1, -0.05) is 19.3 Å². The molecular formula is C13H21N3. The Morgan fingerprint density at radius 2 is 2.06 bits per heavy atom. The standard InChI is InChI=1S/C13H21N3/c1-13(7-3-2-4-8-13)16-10-12-6-5-11(14)9-15-12/h5-6,9,16H,2-4,7-8,10,14H2,1H3. The second-order valence-corrected chi connectivity index (χ2v) is 5.06. The number of nitrogens with two attached hydrogens (primary N) is 1. The summed E-state index contributed by atoms with van der Waals surface area (Å²) < 4.78 is 0. The predicted octanol–water partition coefficient (Wildman–Crippen LogP) is 2.48. The molecule has 3 N–H and O–H groups in total. The molecule has 0 saturated heterocycles. The van der Waals surface area contributed by atoms with Gasteiger partial charge in [0, 0.05) is 12.1 Å². The molecule has 0 spiro atoms. The van der Waals surface area contributed by atoms with E-state index in [0.29, 0.717) is 5.54 Å². The van der Waals surface area contributed by atoms with E-state index in [1.165, 1.54) is 32.1 Å². The van der Waals surface area contributed by atoms with Crippen LogP contribution in [0.25, 0.3) is 0 Å². The summed E-state index contributed by atoms with van der Waals surface area (Å²) in [6, 6.07) is 3.90. The zero-order valence-corrected chi connectivity index (χ0v) is 10.00. The third kappa shape index (κ3) is 2.95. The molecule has 0 aliphatic heterocycles. The van der Waals surface area contributed by atoms with Crippen molar-refractivity contribution in [1.29, 1.82) is 0 Å². The van der Waals surface area contributed by atoms with Crippen LogP contribution < -0.4 is 11.1 Å². The lowest BCUT2D eigenvalue weighted by Gasteiger charge is -2.34. The first-order chi connectivity index (χ1) is 7.68. The van der Waals surface area contributed by atoms with Crippen LogP contribution in [0.15, 0.2) is 18.3 Å². The summed E-state index contributed by atoms with van der Waals surface area (Å²) >= 11 is 0. The van der Waals surface area contributed by atoms with Gasteiger partial charge in [-0.2, -0.15) is 0 Å².